The second-order valence-electron chi connectivity index (χ2n) is 8.19. The second-order valence-corrected chi connectivity index (χ2v) is 8.19. The number of carbonyl (C=O) groups excluding carboxylic acids is 1. The predicted octanol–water partition coefficient (Wildman–Crippen LogP) is 2.06. The van der Waals surface area contributed by atoms with Crippen LogP contribution in [0, 0.1) is 23.7 Å². The minimum atomic E-state index is -0.488. The van der Waals surface area contributed by atoms with E-state index in [1.54, 1.807) is 16.8 Å². The molecule has 26 heavy (non-hydrogen) atoms. The first-order chi connectivity index (χ1) is 12.6. The molecule has 0 saturated heterocycles. The third-order valence-corrected chi connectivity index (χ3v) is 6.86. The Morgan fingerprint density at radius 2 is 1.88 bits per heavy atom. The molecule has 0 atom stereocenters. The fourth-order valence-corrected chi connectivity index (χ4v) is 5.84. The normalized spacial score (nSPS) is 34.8. The van der Waals surface area contributed by atoms with Crippen LogP contribution < -0.4 is 5.73 Å². The van der Waals surface area contributed by atoms with E-state index in [1.165, 1.54) is 39.2 Å². The molecule has 1 heterocycles. The predicted molar refractivity (Wildman–Crippen MR) is 93.4 cm³/mol. The van der Waals surface area contributed by atoms with Crippen LogP contribution in [0.25, 0.3) is 5.69 Å². The first-order valence-corrected chi connectivity index (χ1v) is 9.36. The lowest BCUT2D eigenvalue weighted by Gasteiger charge is -2.58. The Balaban J connectivity index is 1.57. The summed E-state index contributed by atoms with van der Waals surface area (Å²) < 4.78 is 6.54. The van der Waals surface area contributed by atoms with Crippen molar-refractivity contribution in [3.63, 3.8) is 0 Å². The number of hydrogen-bond acceptors (Lipinski definition) is 6. The van der Waals surface area contributed by atoms with Crippen LogP contribution >= 0.6 is 0 Å². The number of methoxy groups -OCH3 is 1. The molecule has 0 amide bonds. The Hall–Kier alpha value is -2.28. The van der Waals surface area contributed by atoms with Gasteiger partial charge in [0.2, 0.25) is 0 Å². The van der Waals surface area contributed by atoms with Gasteiger partial charge in [0.1, 0.15) is 0 Å². The van der Waals surface area contributed by atoms with Gasteiger partial charge in [-0.15, -0.1) is 5.10 Å². The fraction of sp³-hybridized carbons (Fsp3) is 0.579. The highest BCUT2D eigenvalue weighted by atomic mass is 16.5. The van der Waals surface area contributed by atoms with Crippen molar-refractivity contribution in [3.8, 4) is 5.69 Å². The standard InChI is InChI=1S/C19H23N5O2/c1-26-17(25)13-3-2-4-16(10-13)24-18(21-22-23-24)19(20)14-6-11-5-12(8-14)9-15(19)7-11/h2-4,10-12,14-15H,5-9,20H2,1H3. The summed E-state index contributed by atoms with van der Waals surface area (Å²) in [6.07, 6.45) is 6.09. The Kier molecular flexibility index (Phi) is 3.44. The molecule has 4 aliphatic rings. The smallest absolute Gasteiger partial charge is 0.337 e. The van der Waals surface area contributed by atoms with E-state index in [0.717, 1.165) is 23.3 Å². The van der Waals surface area contributed by atoms with Crippen molar-refractivity contribution < 1.29 is 9.53 Å². The van der Waals surface area contributed by atoms with Gasteiger partial charge in [-0.2, -0.15) is 4.68 Å². The molecule has 4 bridgehead atoms. The van der Waals surface area contributed by atoms with Gasteiger partial charge in [-0.25, -0.2) is 4.79 Å². The van der Waals surface area contributed by atoms with Crippen molar-refractivity contribution in [2.45, 2.75) is 37.6 Å². The summed E-state index contributed by atoms with van der Waals surface area (Å²) in [5.41, 5.74) is 7.79. The molecule has 0 unspecified atom stereocenters. The van der Waals surface area contributed by atoms with Crippen molar-refractivity contribution >= 4 is 5.97 Å². The highest BCUT2D eigenvalue weighted by Gasteiger charge is 2.58. The number of carbonyl (C=O) groups is 1. The van der Waals surface area contributed by atoms with Crippen LogP contribution in [0.2, 0.25) is 0 Å². The van der Waals surface area contributed by atoms with Crippen LogP contribution in [-0.4, -0.2) is 33.3 Å². The monoisotopic (exact) mass is 353 g/mol. The van der Waals surface area contributed by atoms with Crippen molar-refractivity contribution in [2.24, 2.45) is 29.4 Å². The number of nitrogens with two attached hydrogens (primary N) is 1. The molecule has 6 rings (SSSR count). The summed E-state index contributed by atoms with van der Waals surface area (Å²) in [5.74, 6) is 2.87. The first-order valence-electron chi connectivity index (χ1n) is 9.36. The molecule has 4 fully saturated rings. The van der Waals surface area contributed by atoms with E-state index in [-0.39, 0.29) is 5.97 Å². The van der Waals surface area contributed by atoms with E-state index in [9.17, 15) is 4.79 Å². The lowest BCUT2D eigenvalue weighted by Crippen LogP contribution is -2.61. The summed E-state index contributed by atoms with van der Waals surface area (Å²) in [5, 5.41) is 12.5. The zero-order chi connectivity index (χ0) is 17.9. The Bertz CT molecular complexity index is 833. The molecule has 7 nitrogen and oxygen atoms in total. The van der Waals surface area contributed by atoms with Crippen LogP contribution in [0.15, 0.2) is 24.3 Å². The molecule has 1 aromatic heterocycles. The molecule has 4 saturated carbocycles. The van der Waals surface area contributed by atoms with E-state index in [0.29, 0.717) is 17.4 Å². The average molecular weight is 353 g/mol. The van der Waals surface area contributed by atoms with Gasteiger partial charge in [0.05, 0.1) is 23.9 Å². The van der Waals surface area contributed by atoms with Crippen LogP contribution in [0.1, 0.15) is 48.3 Å². The molecule has 4 aliphatic carbocycles. The minimum absolute atomic E-state index is 0.376. The van der Waals surface area contributed by atoms with Crippen LogP contribution in [0.5, 0.6) is 0 Å². The van der Waals surface area contributed by atoms with E-state index < -0.39 is 5.54 Å². The number of hydrogen-bond donors (Lipinski definition) is 1. The summed E-state index contributed by atoms with van der Waals surface area (Å²) in [4.78, 5) is 11.9. The zero-order valence-corrected chi connectivity index (χ0v) is 14.8. The lowest BCUT2D eigenvalue weighted by molar-refractivity contribution is -0.0633. The molecular formula is C19H23N5O2. The van der Waals surface area contributed by atoms with Gasteiger partial charge in [-0.3, -0.25) is 0 Å². The van der Waals surface area contributed by atoms with Crippen molar-refractivity contribution in [1.29, 1.82) is 0 Å². The molecule has 1 aromatic carbocycles. The first kappa shape index (κ1) is 15.9. The third kappa shape index (κ3) is 2.16. The third-order valence-electron chi connectivity index (χ3n) is 6.86. The quantitative estimate of drug-likeness (QED) is 0.849. The number of nitrogens with zero attached hydrogens (tertiary/aromatic N) is 4. The van der Waals surface area contributed by atoms with E-state index in [4.69, 9.17) is 10.5 Å². The lowest BCUT2D eigenvalue weighted by atomic mass is 9.48. The number of rotatable bonds is 3. The van der Waals surface area contributed by atoms with Gasteiger partial charge < -0.3 is 10.5 Å². The van der Waals surface area contributed by atoms with Crippen molar-refractivity contribution in [2.75, 3.05) is 7.11 Å². The largest absolute Gasteiger partial charge is 0.465 e. The van der Waals surface area contributed by atoms with Crippen LogP contribution in [0.3, 0.4) is 0 Å². The topological polar surface area (TPSA) is 95.9 Å². The van der Waals surface area contributed by atoms with Gasteiger partial charge >= 0.3 is 5.97 Å². The average Bonchev–Trinajstić information content (AvgIpc) is 3.15. The minimum Gasteiger partial charge on any atom is -0.465 e. The van der Waals surface area contributed by atoms with Gasteiger partial charge in [0, 0.05) is 0 Å². The van der Waals surface area contributed by atoms with Crippen LogP contribution in [0.4, 0.5) is 0 Å². The van der Waals surface area contributed by atoms with E-state index in [2.05, 4.69) is 15.5 Å². The maximum absolute atomic E-state index is 11.9. The van der Waals surface area contributed by atoms with Gasteiger partial charge in [-0.05, 0) is 84.4 Å². The number of esters is 1. The molecule has 7 heteroatoms. The molecule has 0 spiro atoms. The molecule has 0 radical (unpaired) electrons. The Labute approximate surface area is 151 Å². The maximum atomic E-state index is 11.9. The fourth-order valence-electron chi connectivity index (χ4n) is 5.84. The number of tetrazole rings is 1. The summed E-state index contributed by atoms with van der Waals surface area (Å²) >= 11 is 0. The molecular weight excluding hydrogens is 330 g/mol. The maximum Gasteiger partial charge on any atom is 0.337 e. The Morgan fingerprint density at radius 3 is 2.54 bits per heavy atom. The number of benzene rings is 1. The van der Waals surface area contributed by atoms with Crippen molar-refractivity contribution in [3.05, 3.63) is 35.7 Å². The SMILES string of the molecule is COC(=O)c1cccc(-n2nnnc2C2(N)C3CC4CC(C3)CC2C4)c1. The molecule has 0 aliphatic heterocycles. The Morgan fingerprint density at radius 1 is 1.19 bits per heavy atom. The molecule has 136 valence electrons. The molecule has 2 N–H and O–H groups in total. The highest BCUT2D eigenvalue weighted by Crippen LogP contribution is 2.60. The summed E-state index contributed by atoms with van der Waals surface area (Å²) in [7, 11) is 1.38. The van der Waals surface area contributed by atoms with E-state index in [1.807, 2.05) is 12.1 Å². The summed E-state index contributed by atoms with van der Waals surface area (Å²) in [6, 6.07) is 7.18. The van der Waals surface area contributed by atoms with Crippen LogP contribution in [-0.2, 0) is 10.3 Å². The number of aromatic nitrogens is 4. The second kappa shape index (κ2) is 5.61. The van der Waals surface area contributed by atoms with E-state index >= 15 is 0 Å². The van der Waals surface area contributed by atoms with Gasteiger partial charge in [0.25, 0.3) is 0 Å². The highest BCUT2D eigenvalue weighted by molar-refractivity contribution is 5.89. The van der Waals surface area contributed by atoms with Gasteiger partial charge in [0.15, 0.2) is 5.82 Å². The zero-order valence-electron chi connectivity index (χ0n) is 14.8. The number of ether oxygens (including phenoxy) is 1. The summed E-state index contributed by atoms with van der Waals surface area (Å²) in [6.45, 7) is 0. The molecule has 2 aromatic rings. The van der Waals surface area contributed by atoms with Crippen molar-refractivity contribution in [1.82, 2.24) is 20.2 Å². The van der Waals surface area contributed by atoms with Gasteiger partial charge in [-0.1, -0.05) is 6.07 Å².